The van der Waals surface area contributed by atoms with Crippen molar-refractivity contribution in [1.29, 1.82) is 0 Å². The molecule has 0 amide bonds. The van der Waals surface area contributed by atoms with Crippen LogP contribution in [-0.2, 0) is 0 Å². The molecule has 0 radical (unpaired) electrons. The second-order valence-electron chi connectivity index (χ2n) is 5.06. The number of ether oxygens (including phenoxy) is 1. The van der Waals surface area contributed by atoms with E-state index < -0.39 is 6.10 Å². The highest BCUT2D eigenvalue weighted by Gasteiger charge is 2.10. The van der Waals surface area contributed by atoms with Crippen LogP contribution in [0.1, 0.15) is 31.4 Å². The summed E-state index contributed by atoms with van der Waals surface area (Å²) >= 11 is 0. The molecule has 0 heterocycles. The van der Waals surface area contributed by atoms with Crippen molar-refractivity contribution < 1.29 is 9.84 Å². The number of benzene rings is 1. The molecule has 1 aromatic carbocycles. The summed E-state index contributed by atoms with van der Waals surface area (Å²) in [5.41, 5.74) is 0.927. The zero-order valence-corrected chi connectivity index (χ0v) is 13.0. The summed E-state index contributed by atoms with van der Waals surface area (Å²) in [4.78, 5) is 2.20. The Morgan fingerprint density at radius 2 is 1.81 bits per heavy atom. The van der Waals surface area contributed by atoms with Gasteiger partial charge in [0, 0.05) is 19.6 Å². The molecule has 3 heteroatoms. The van der Waals surface area contributed by atoms with E-state index in [-0.39, 0.29) is 0 Å². The monoisotopic (exact) mass is 289 g/mol. The minimum Gasteiger partial charge on any atom is -0.494 e. The van der Waals surface area contributed by atoms with Gasteiger partial charge in [0.25, 0.3) is 0 Å². The van der Waals surface area contributed by atoms with Crippen LogP contribution in [0.4, 0.5) is 0 Å². The van der Waals surface area contributed by atoms with Gasteiger partial charge in [-0.1, -0.05) is 31.2 Å². The Morgan fingerprint density at radius 3 is 2.33 bits per heavy atom. The first-order valence-corrected chi connectivity index (χ1v) is 7.56. The van der Waals surface area contributed by atoms with Gasteiger partial charge < -0.3 is 9.84 Å². The van der Waals surface area contributed by atoms with E-state index in [0.29, 0.717) is 6.42 Å². The molecule has 116 valence electrons. The molecule has 0 spiro atoms. The van der Waals surface area contributed by atoms with Gasteiger partial charge in [-0.05, 0) is 30.5 Å². The van der Waals surface area contributed by atoms with Gasteiger partial charge in [0.2, 0.25) is 0 Å². The number of aliphatic hydroxyl groups excluding tert-OH is 1. The Morgan fingerprint density at radius 1 is 1.19 bits per heavy atom. The highest BCUT2D eigenvalue weighted by atomic mass is 16.5. The lowest BCUT2D eigenvalue weighted by molar-refractivity contribution is 0.148. The quantitative estimate of drug-likeness (QED) is 0.632. The Kier molecular flexibility index (Phi) is 8.48. The normalized spacial score (nSPS) is 12.1. The maximum atomic E-state index is 10.3. The first-order valence-electron chi connectivity index (χ1n) is 7.56. The van der Waals surface area contributed by atoms with Crippen molar-refractivity contribution >= 4 is 0 Å². The average Bonchev–Trinajstić information content (AvgIpc) is 2.51. The number of aliphatic hydroxyl groups is 1. The summed E-state index contributed by atoms with van der Waals surface area (Å²) in [6, 6.07) is 7.70. The fourth-order valence-corrected chi connectivity index (χ4v) is 2.10. The van der Waals surface area contributed by atoms with E-state index in [1.54, 1.807) is 0 Å². The number of hydrogen-bond donors (Lipinski definition) is 1. The van der Waals surface area contributed by atoms with Crippen LogP contribution in [0.15, 0.2) is 49.6 Å². The lowest BCUT2D eigenvalue weighted by atomic mass is 10.1. The standard InChI is InChI=1S/C18H27NO2/c1-4-12-19(13-5-2)14-11-18(20)16-7-9-17(10-8-16)21-15-6-3/h4-5,7-10,18,20H,1-2,6,11-15H2,3H3. The van der Waals surface area contributed by atoms with Crippen LogP contribution in [0.3, 0.4) is 0 Å². The molecule has 0 bridgehead atoms. The highest BCUT2D eigenvalue weighted by molar-refractivity contribution is 5.28. The maximum Gasteiger partial charge on any atom is 0.119 e. The number of nitrogens with zero attached hydrogens (tertiary/aromatic N) is 1. The maximum absolute atomic E-state index is 10.3. The Labute approximate surface area is 128 Å². The van der Waals surface area contributed by atoms with Gasteiger partial charge in [-0.2, -0.15) is 0 Å². The van der Waals surface area contributed by atoms with Crippen molar-refractivity contribution in [3.8, 4) is 5.75 Å². The van der Waals surface area contributed by atoms with Gasteiger partial charge in [-0.3, -0.25) is 4.90 Å². The van der Waals surface area contributed by atoms with E-state index in [4.69, 9.17) is 4.74 Å². The molecule has 1 unspecified atom stereocenters. The molecule has 0 aliphatic heterocycles. The van der Waals surface area contributed by atoms with Gasteiger partial charge in [-0.15, -0.1) is 13.2 Å². The topological polar surface area (TPSA) is 32.7 Å². The fourth-order valence-electron chi connectivity index (χ4n) is 2.10. The largest absolute Gasteiger partial charge is 0.494 e. The number of rotatable bonds is 11. The Balaban J connectivity index is 2.48. The Hall–Kier alpha value is -1.58. The predicted octanol–water partition coefficient (Wildman–Crippen LogP) is 3.57. The van der Waals surface area contributed by atoms with Crippen LogP contribution < -0.4 is 4.74 Å². The third-order valence-corrected chi connectivity index (χ3v) is 3.23. The van der Waals surface area contributed by atoms with Crippen LogP contribution in [0.25, 0.3) is 0 Å². The summed E-state index contributed by atoms with van der Waals surface area (Å²) in [6.45, 7) is 12.7. The smallest absolute Gasteiger partial charge is 0.119 e. The molecule has 0 saturated heterocycles. The fraction of sp³-hybridized carbons (Fsp3) is 0.444. The van der Waals surface area contributed by atoms with Gasteiger partial charge in [0.15, 0.2) is 0 Å². The van der Waals surface area contributed by atoms with Crippen molar-refractivity contribution in [2.24, 2.45) is 0 Å². The first kappa shape index (κ1) is 17.5. The third kappa shape index (κ3) is 6.61. The van der Waals surface area contributed by atoms with E-state index in [1.807, 2.05) is 36.4 Å². The third-order valence-electron chi connectivity index (χ3n) is 3.23. The molecule has 0 aliphatic carbocycles. The molecule has 0 fully saturated rings. The molecule has 3 nitrogen and oxygen atoms in total. The molecule has 1 atom stereocenters. The van der Waals surface area contributed by atoms with Crippen LogP contribution in [0.2, 0.25) is 0 Å². The zero-order valence-electron chi connectivity index (χ0n) is 13.0. The van der Waals surface area contributed by atoms with Crippen molar-refractivity contribution in [1.82, 2.24) is 4.90 Å². The van der Waals surface area contributed by atoms with E-state index in [9.17, 15) is 5.11 Å². The van der Waals surface area contributed by atoms with Crippen molar-refractivity contribution in [2.45, 2.75) is 25.9 Å². The molecule has 1 N–H and O–H groups in total. The summed E-state index contributed by atoms with van der Waals surface area (Å²) in [5, 5.41) is 10.3. The van der Waals surface area contributed by atoms with E-state index in [1.165, 1.54) is 0 Å². The molecular formula is C18H27NO2. The van der Waals surface area contributed by atoms with Crippen molar-refractivity contribution in [3.05, 3.63) is 55.1 Å². The van der Waals surface area contributed by atoms with Crippen LogP contribution in [0, 0.1) is 0 Å². The SMILES string of the molecule is C=CCN(CC=C)CCC(O)c1ccc(OCCC)cc1. The molecule has 0 saturated carbocycles. The molecule has 21 heavy (non-hydrogen) atoms. The van der Waals surface area contributed by atoms with Crippen LogP contribution in [-0.4, -0.2) is 36.2 Å². The summed E-state index contributed by atoms with van der Waals surface area (Å²) < 4.78 is 5.54. The predicted molar refractivity (Wildman–Crippen MR) is 88.6 cm³/mol. The van der Waals surface area contributed by atoms with Gasteiger partial charge in [-0.25, -0.2) is 0 Å². The van der Waals surface area contributed by atoms with E-state index in [0.717, 1.165) is 44.0 Å². The van der Waals surface area contributed by atoms with Gasteiger partial charge in [0.05, 0.1) is 12.7 Å². The molecule has 1 rings (SSSR count). The van der Waals surface area contributed by atoms with Gasteiger partial charge in [0.1, 0.15) is 5.75 Å². The molecule has 0 aliphatic rings. The molecule has 0 aromatic heterocycles. The summed E-state index contributed by atoms with van der Waals surface area (Å²) in [7, 11) is 0. The average molecular weight is 289 g/mol. The molecule has 1 aromatic rings. The number of hydrogen-bond acceptors (Lipinski definition) is 3. The minimum absolute atomic E-state index is 0.456. The van der Waals surface area contributed by atoms with Crippen molar-refractivity contribution in [3.63, 3.8) is 0 Å². The zero-order chi connectivity index (χ0) is 15.5. The molecular weight excluding hydrogens is 262 g/mol. The van der Waals surface area contributed by atoms with Gasteiger partial charge >= 0.3 is 0 Å². The minimum atomic E-state index is -0.456. The Bertz CT molecular complexity index is 404. The lowest BCUT2D eigenvalue weighted by Gasteiger charge is -2.20. The van der Waals surface area contributed by atoms with Crippen LogP contribution in [0.5, 0.6) is 5.75 Å². The summed E-state index contributed by atoms with van der Waals surface area (Å²) in [5.74, 6) is 0.854. The first-order chi connectivity index (χ1) is 10.2. The second kappa shape index (κ2) is 10.2. The van der Waals surface area contributed by atoms with E-state index in [2.05, 4.69) is 25.0 Å². The second-order valence-corrected chi connectivity index (χ2v) is 5.06. The van der Waals surface area contributed by atoms with Crippen molar-refractivity contribution in [2.75, 3.05) is 26.2 Å². The lowest BCUT2D eigenvalue weighted by Crippen LogP contribution is -2.26. The highest BCUT2D eigenvalue weighted by Crippen LogP contribution is 2.20. The van der Waals surface area contributed by atoms with Crippen LogP contribution >= 0.6 is 0 Å². The summed E-state index contributed by atoms with van der Waals surface area (Å²) in [6.07, 6.45) is 4.97. The van der Waals surface area contributed by atoms with E-state index >= 15 is 0 Å².